The van der Waals surface area contributed by atoms with Gasteiger partial charge in [0.15, 0.2) is 0 Å². The average molecular weight is 617 g/mol. The lowest BCUT2D eigenvalue weighted by molar-refractivity contribution is -0.284. The van der Waals surface area contributed by atoms with Gasteiger partial charge in [-0.1, -0.05) is 57.9 Å². The van der Waals surface area contributed by atoms with Crippen molar-refractivity contribution in [3.63, 3.8) is 0 Å². The molecule has 3 aliphatic carbocycles. The lowest BCUT2D eigenvalue weighted by Gasteiger charge is -2.53. The van der Waals surface area contributed by atoms with Gasteiger partial charge in [0.2, 0.25) is 0 Å². The number of alkyl halides is 5. The minimum atomic E-state index is -5.60. The molecule has 0 saturated heterocycles. The summed E-state index contributed by atoms with van der Waals surface area (Å²) in [5.41, 5.74) is 2.68. The highest BCUT2D eigenvalue weighted by Crippen LogP contribution is 2.62. The fourth-order valence-electron chi connectivity index (χ4n) is 8.82. The first-order valence-corrected chi connectivity index (χ1v) is 16.4. The largest absolute Gasteiger partial charge is 0.508 e. The predicted octanol–water partition coefficient (Wildman–Crippen LogP) is 9.41. The first-order chi connectivity index (χ1) is 20.2. The third-order valence-electron chi connectivity index (χ3n) is 11.3. The van der Waals surface area contributed by atoms with Crippen molar-refractivity contribution in [3.8, 4) is 5.75 Å². The van der Waals surface area contributed by atoms with Crippen LogP contribution in [-0.4, -0.2) is 39.5 Å². The maximum absolute atomic E-state index is 13.1. The number of fused-ring (bicyclic) bond motifs is 5. The molecule has 2 saturated carbocycles. The molecule has 0 amide bonds. The summed E-state index contributed by atoms with van der Waals surface area (Å²) in [5, 5.41) is 30.4. The standard InChI is InChI=1S/C34H49F5O4/c1-32-19-17-27-26-14-13-25(40)21-24(26)20-23(30(27)28(32)15-16-29(32)41)11-8-6-4-2-3-5-7-10-22(31(42)43)12-9-18-33(35,36)34(37,38)39/h13-14,21-23,27-30,40-41H,2-12,15-20H2,1H3,(H,42,43)/t22?,23?,27?,28?,29-,30?,32-/m0/s1. The summed E-state index contributed by atoms with van der Waals surface area (Å²) in [7, 11) is 0. The van der Waals surface area contributed by atoms with Crippen LogP contribution >= 0.6 is 0 Å². The van der Waals surface area contributed by atoms with Gasteiger partial charge >= 0.3 is 18.1 Å². The van der Waals surface area contributed by atoms with Crippen molar-refractivity contribution in [1.82, 2.24) is 0 Å². The van der Waals surface area contributed by atoms with Crippen molar-refractivity contribution >= 4 is 5.97 Å². The van der Waals surface area contributed by atoms with Crippen LogP contribution < -0.4 is 0 Å². The molecule has 2 fully saturated rings. The van der Waals surface area contributed by atoms with Crippen molar-refractivity contribution in [1.29, 1.82) is 0 Å². The van der Waals surface area contributed by atoms with Gasteiger partial charge in [0, 0.05) is 6.42 Å². The molecule has 0 aliphatic heterocycles. The zero-order chi connectivity index (χ0) is 31.4. The summed E-state index contributed by atoms with van der Waals surface area (Å²) in [6.07, 6.45) is 5.39. The van der Waals surface area contributed by atoms with E-state index in [9.17, 15) is 42.1 Å². The smallest absolute Gasteiger partial charge is 0.453 e. The molecule has 244 valence electrons. The third-order valence-corrected chi connectivity index (χ3v) is 11.3. The van der Waals surface area contributed by atoms with Crippen molar-refractivity contribution < 1.29 is 42.1 Å². The first kappa shape index (κ1) is 34.0. The van der Waals surface area contributed by atoms with Crippen LogP contribution in [0.1, 0.15) is 127 Å². The van der Waals surface area contributed by atoms with E-state index in [1.807, 2.05) is 12.1 Å². The zero-order valence-corrected chi connectivity index (χ0v) is 25.4. The Hall–Kier alpha value is -1.90. The Labute approximate surface area is 252 Å². The molecule has 1 aromatic rings. The molecule has 0 radical (unpaired) electrons. The molecule has 43 heavy (non-hydrogen) atoms. The second-order valence-electron chi connectivity index (χ2n) is 14.0. The number of aliphatic hydroxyl groups excluding tert-OH is 1. The van der Waals surface area contributed by atoms with Crippen LogP contribution in [0.2, 0.25) is 0 Å². The van der Waals surface area contributed by atoms with Gasteiger partial charge in [0.05, 0.1) is 12.0 Å². The van der Waals surface area contributed by atoms with Crippen LogP contribution in [0.5, 0.6) is 5.75 Å². The Balaban J connectivity index is 1.17. The van der Waals surface area contributed by atoms with Crippen LogP contribution in [0.4, 0.5) is 22.0 Å². The molecule has 4 nitrogen and oxygen atoms in total. The molecule has 5 unspecified atom stereocenters. The van der Waals surface area contributed by atoms with Gasteiger partial charge in [-0.2, -0.15) is 22.0 Å². The van der Waals surface area contributed by atoms with Gasteiger partial charge in [-0.25, -0.2) is 0 Å². The van der Waals surface area contributed by atoms with E-state index in [0.717, 1.165) is 77.0 Å². The minimum absolute atomic E-state index is 0.00162. The van der Waals surface area contributed by atoms with E-state index < -0.39 is 36.8 Å². The molecular weight excluding hydrogens is 567 g/mol. The number of hydrogen-bond donors (Lipinski definition) is 3. The maximum atomic E-state index is 13.1. The van der Waals surface area contributed by atoms with Crippen molar-refractivity contribution in [2.24, 2.45) is 29.1 Å². The lowest BCUT2D eigenvalue weighted by atomic mass is 9.52. The van der Waals surface area contributed by atoms with Crippen molar-refractivity contribution in [2.75, 3.05) is 0 Å². The van der Waals surface area contributed by atoms with Crippen molar-refractivity contribution in [2.45, 2.75) is 140 Å². The highest BCUT2D eigenvalue weighted by Gasteiger charge is 2.57. The van der Waals surface area contributed by atoms with E-state index in [1.54, 1.807) is 0 Å². The van der Waals surface area contributed by atoms with E-state index in [1.165, 1.54) is 11.1 Å². The molecule has 0 heterocycles. The van der Waals surface area contributed by atoms with Crippen molar-refractivity contribution in [3.05, 3.63) is 29.3 Å². The SMILES string of the molecule is C[C@]12CCC3c4ccc(O)cc4CC(CCCCCCCCCC(CCCC(F)(F)C(F)(F)F)C(=O)O)C3C1CC[C@@H]2O. The van der Waals surface area contributed by atoms with Crippen LogP contribution in [0, 0.1) is 29.1 Å². The summed E-state index contributed by atoms with van der Waals surface area (Å²) in [6, 6.07) is 5.88. The number of phenols is 1. The molecule has 0 aromatic heterocycles. The van der Waals surface area contributed by atoms with Gasteiger partial charge in [-0.3, -0.25) is 4.79 Å². The van der Waals surface area contributed by atoms with Crippen LogP contribution in [0.15, 0.2) is 18.2 Å². The second-order valence-corrected chi connectivity index (χ2v) is 14.0. The number of aliphatic carboxylic acids is 1. The summed E-state index contributed by atoms with van der Waals surface area (Å²) in [5.74, 6) is -4.35. The summed E-state index contributed by atoms with van der Waals surface area (Å²) in [6.45, 7) is 2.29. The van der Waals surface area contributed by atoms with Gasteiger partial charge in [0.1, 0.15) is 5.75 Å². The van der Waals surface area contributed by atoms with E-state index in [0.29, 0.717) is 42.3 Å². The quantitative estimate of drug-likeness (QED) is 0.136. The van der Waals surface area contributed by atoms with Crippen LogP contribution in [-0.2, 0) is 11.2 Å². The minimum Gasteiger partial charge on any atom is -0.508 e. The van der Waals surface area contributed by atoms with Crippen LogP contribution in [0.3, 0.4) is 0 Å². The molecule has 4 rings (SSSR count). The summed E-state index contributed by atoms with van der Waals surface area (Å²) < 4.78 is 63.2. The van der Waals surface area contributed by atoms with E-state index in [4.69, 9.17) is 0 Å². The lowest BCUT2D eigenvalue weighted by Crippen LogP contribution is -2.47. The zero-order valence-electron chi connectivity index (χ0n) is 25.4. The number of unbranched alkanes of at least 4 members (excludes halogenated alkanes) is 6. The van der Waals surface area contributed by atoms with Crippen LogP contribution in [0.25, 0.3) is 0 Å². The maximum Gasteiger partial charge on any atom is 0.453 e. The number of carboxylic acids is 1. The third kappa shape index (κ3) is 7.85. The second kappa shape index (κ2) is 14.0. The monoisotopic (exact) mass is 616 g/mol. The molecule has 3 N–H and O–H groups in total. The molecule has 0 spiro atoms. The Morgan fingerprint density at radius 1 is 0.953 bits per heavy atom. The van der Waals surface area contributed by atoms with Gasteiger partial charge in [-0.15, -0.1) is 0 Å². The fraction of sp³-hybridized carbons (Fsp3) is 0.794. The number of carbonyl (C=O) groups is 1. The Morgan fingerprint density at radius 2 is 1.60 bits per heavy atom. The topological polar surface area (TPSA) is 77.8 Å². The number of hydrogen-bond acceptors (Lipinski definition) is 3. The summed E-state index contributed by atoms with van der Waals surface area (Å²) in [4.78, 5) is 11.5. The number of carboxylic acid groups (broad SMARTS) is 1. The molecule has 9 heteroatoms. The summed E-state index contributed by atoms with van der Waals surface area (Å²) >= 11 is 0. The van der Waals surface area contributed by atoms with E-state index in [2.05, 4.69) is 13.0 Å². The molecule has 7 atom stereocenters. The molecule has 0 bridgehead atoms. The predicted molar refractivity (Wildman–Crippen MR) is 155 cm³/mol. The number of benzene rings is 1. The highest BCUT2D eigenvalue weighted by atomic mass is 19.4. The van der Waals surface area contributed by atoms with E-state index in [-0.39, 0.29) is 17.9 Å². The number of phenolic OH excluding ortho intramolecular Hbond substituents is 1. The molecule has 1 aromatic carbocycles. The van der Waals surface area contributed by atoms with E-state index >= 15 is 0 Å². The Bertz CT molecular complexity index is 1080. The molecule has 3 aliphatic rings. The Kier molecular flexibility index (Phi) is 11.1. The van der Waals surface area contributed by atoms with Gasteiger partial charge < -0.3 is 15.3 Å². The number of halogens is 5. The average Bonchev–Trinajstić information content (AvgIpc) is 3.23. The van der Waals surface area contributed by atoms with Gasteiger partial charge in [-0.05, 0) is 110 Å². The number of aromatic hydroxyl groups is 1. The normalized spacial score (nSPS) is 29.5. The number of aliphatic hydroxyl groups is 1. The highest BCUT2D eigenvalue weighted by molar-refractivity contribution is 5.69. The fourth-order valence-corrected chi connectivity index (χ4v) is 8.82. The van der Waals surface area contributed by atoms with Gasteiger partial charge in [0.25, 0.3) is 0 Å². The molecular formula is C34H49F5O4. The number of rotatable bonds is 15. The first-order valence-electron chi connectivity index (χ1n) is 16.4. The Morgan fingerprint density at radius 3 is 2.28 bits per heavy atom.